The van der Waals surface area contributed by atoms with E-state index in [0.717, 1.165) is 86.7 Å². The van der Waals surface area contributed by atoms with E-state index in [-0.39, 0.29) is 17.5 Å². The second-order valence-electron chi connectivity index (χ2n) is 28.2. The lowest BCUT2D eigenvalue weighted by Crippen LogP contribution is -2.42. The highest BCUT2D eigenvalue weighted by atomic mass is 79.9. The van der Waals surface area contributed by atoms with Crippen molar-refractivity contribution in [3.05, 3.63) is 206 Å². The largest absolute Gasteiger partial charge is 0.417 e. The molecule has 0 radical (unpaired) electrons. The molecule has 1 amide bonds. The number of aromatic nitrogens is 5. The van der Waals surface area contributed by atoms with Crippen LogP contribution in [0.4, 0.5) is 5.69 Å². The summed E-state index contributed by atoms with van der Waals surface area (Å²) in [5.41, 5.74) is 11.2. The van der Waals surface area contributed by atoms with Gasteiger partial charge in [0.1, 0.15) is 17.3 Å². The number of hydrogen-bond donors (Lipinski definition) is 8. The quantitative estimate of drug-likeness (QED) is 0.0811. The Labute approximate surface area is 621 Å². The molecule has 5 aromatic heterocycles. The summed E-state index contributed by atoms with van der Waals surface area (Å²) < 4.78 is 59.6. The van der Waals surface area contributed by atoms with Crippen molar-refractivity contribution in [2.45, 2.75) is 163 Å². The first-order chi connectivity index (χ1) is 52.0. The van der Waals surface area contributed by atoms with Crippen LogP contribution in [0.3, 0.4) is 0 Å². The fraction of sp³-hybridized carbons (Fsp3) is 0.405. The third-order valence-corrected chi connectivity index (χ3v) is 21.6. The highest BCUT2D eigenvalue weighted by Crippen LogP contribution is 2.47. The summed E-state index contributed by atoms with van der Waals surface area (Å²) in [5, 5.41) is 24.6. The molecule has 5 aliphatic carbocycles. The third kappa shape index (κ3) is 17.8. The van der Waals surface area contributed by atoms with Crippen LogP contribution in [0.2, 0.25) is 0 Å². The van der Waals surface area contributed by atoms with Gasteiger partial charge in [0.2, 0.25) is 5.91 Å². The van der Waals surface area contributed by atoms with E-state index >= 15 is 0 Å². The second-order valence-corrected chi connectivity index (χ2v) is 29.1. The predicted octanol–water partition coefficient (Wildman–Crippen LogP) is 11.8. The number of allylic oxidation sites excluding steroid dienone is 2. The lowest BCUT2D eigenvalue weighted by atomic mass is 9.77. The molecule has 9 aliphatic rings. The lowest BCUT2D eigenvalue weighted by molar-refractivity contribution is -0.204. The van der Waals surface area contributed by atoms with Gasteiger partial charge in [-0.2, -0.15) is 0 Å². The third-order valence-electron chi connectivity index (χ3n) is 21.1. The molecule has 108 heavy (non-hydrogen) atoms. The van der Waals surface area contributed by atoms with Crippen molar-refractivity contribution in [1.82, 2.24) is 24.9 Å². The maximum atomic E-state index is 11.2. The van der Waals surface area contributed by atoms with Gasteiger partial charge in [-0.05, 0) is 163 Å². The minimum atomic E-state index is -0.926. The molecule has 566 valence electrons. The van der Waals surface area contributed by atoms with Crippen LogP contribution in [0.1, 0.15) is 156 Å². The first-order valence-corrected chi connectivity index (χ1v) is 37.1. The number of benzene rings is 6. The fourth-order valence-corrected chi connectivity index (χ4v) is 15.5. The van der Waals surface area contributed by atoms with Crippen molar-refractivity contribution in [3.63, 3.8) is 0 Å². The monoisotopic (exact) mass is 1540 g/mol. The van der Waals surface area contributed by atoms with Gasteiger partial charge < -0.3 is 66.0 Å². The Morgan fingerprint density at radius 1 is 0.389 bits per heavy atom. The van der Waals surface area contributed by atoms with Crippen molar-refractivity contribution in [1.29, 1.82) is 0 Å². The summed E-state index contributed by atoms with van der Waals surface area (Å²) in [5.74, 6) is -2.12. The summed E-state index contributed by atoms with van der Waals surface area (Å²) in [7, 11) is 0. The number of H-pyrrole nitrogens is 5. The van der Waals surface area contributed by atoms with E-state index in [1.807, 2.05) is 84.9 Å². The van der Waals surface area contributed by atoms with Gasteiger partial charge in [0, 0.05) is 87.2 Å². The van der Waals surface area contributed by atoms with Crippen LogP contribution in [0.15, 0.2) is 172 Å². The number of nitrogens with one attached hydrogen (secondary N) is 6. The average Bonchev–Trinajstić information content (AvgIpc) is 1.17. The fourth-order valence-electron chi connectivity index (χ4n) is 15.1. The zero-order valence-electron chi connectivity index (χ0n) is 58.9. The van der Waals surface area contributed by atoms with Gasteiger partial charge in [0.15, 0.2) is 45.3 Å². The Kier molecular flexibility index (Phi) is 22.2. The Morgan fingerprint density at radius 3 is 1.30 bits per heavy atom. The SMILES string of the molecule is O=C1CC=C(c2ccc3[nH]c(=O)oc3c2)CC1.O=C1CCC(c2ccc3[nH]c(=O)oc3c2)CC1.O=C1CCC2(CC1)OCCO2.O=C1Cc2cc(Br)ccc2N1.O=c1[nH]c2ccc(C3(O)CCC4(CC3)OCCO4)cc2o1.O=c1[nH]c2ccc(C3(O)CCC4(CC3)OCCO4)cc2o1.O=c1[nH]c2ccccc2o1. The topological polar surface area (TPSA) is 406 Å². The van der Waals surface area contributed by atoms with Gasteiger partial charge in [0.05, 0.1) is 84.8 Å². The summed E-state index contributed by atoms with van der Waals surface area (Å²) in [4.78, 5) is 112. The molecule has 7 fully saturated rings. The summed E-state index contributed by atoms with van der Waals surface area (Å²) in [6.07, 6.45) is 15.1. The summed E-state index contributed by atoms with van der Waals surface area (Å²) >= 11 is 3.35. The Balaban J connectivity index is 0.000000107. The molecule has 29 heteroatoms. The summed E-state index contributed by atoms with van der Waals surface area (Å²) in [6.45, 7) is 3.87. The number of hydrogen-bond acceptors (Lipinski definition) is 22. The van der Waals surface area contributed by atoms with Crippen LogP contribution in [0.5, 0.6) is 0 Å². The Bertz CT molecular complexity index is 5260. The molecule has 11 aromatic rings. The van der Waals surface area contributed by atoms with Gasteiger partial charge >= 0.3 is 28.8 Å². The van der Waals surface area contributed by atoms with Gasteiger partial charge in [-0.15, -0.1) is 0 Å². The highest BCUT2D eigenvalue weighted by Gasteiger charge is 2.48. The maximum absolute atomic E-state index is 11.2. The lowest BCUT2D eigenvalue weighted by Gasteiger charge is -2.40. The molecule has 3 saturated heterocycles. The van der Waals surface area contributed by atoms with E-state index in [1.54, 1.807) is 36.4 Å². The Hall–Kier alpha value is -9.95. The van der Waals surface area contributed by atoms with Crippen molar-refractivity contribution < 1.29 is 79.9 Å². The van der Waals surface area contributed by atoms with Crippen LogP contribution < -0.4 is 34.1 Å². The smallest absolute Gasteiger partial charge is 0.408 e. The van der Waals surface area contributed by atoms with E-state index < -0.39 is 51.6 Å². The van der Waals surface area contributed by atoms with Crippen molar-refractivity contribution in [2.24, 2.45) is 0 Å². The van der Waals surface area contributed by atoms with E-state index in [9.17, 15) is 53.4 Å². The number of rotatable bonds is 4. The van der Waals surface area contributed by atoms with Crippen molar-refractivity contribution >= 4 is 106 Å². The van der Waals surface area contributed by atoms with Gasteiger partial charge in [0.25, 0.3) is 0 Å². The highest BCUT2D eigenvalue weighted by molar-refractivity contribution is 9.10. The number of ether oxygens (including phenoxy) is 6. The standard InChI is InChI=1S/2C15H17NO5.C13H13NO3.C13H11NO3.C8H6BrNO.C8H12O3.C7H5NO2/c2*17-13-16-11-2-1-10(9-12(11)21-13)14(18)3-5-15(6-4-14)19-7-8-20-15;2*15-10-4-1-8(2-5-10)9-3-6-11-12(7-9)17-13(16)14-11;9-6-1-2-7-5(3-6)4-8(11)10-7;9-7-1-3-8(4-2-7)10-5-6-11-8;9-7-8-5-3-1-2-4-6(5)10-7/h2*1-2,9,18H,3-8H2,(H,16,17);3,6-8H,1-2,4-5H2,(H,14,16);1,3,6-7H,2,4-5H2,(H,14,16);1-3H,4H2,(H,10,11);1-6H2;1-4H,(H,8,9). The second kappa shape index (κ2) is 32.1. The molecular formula is C79H81BrN6O22. The molecular weight excluding hydrogens is 1460 g/mol. The van der Waals surface area contributed by atoms with Gasteiger partial charge in [-0.25, -0.2) is 24.0 Å². The van der Waals surface area contributed by atoms with Gasteiger partial charge in [-0.3, -0.25) is 44.1 Å². The number of anilines is 1. The van der Waals surface area contributed by atoms with Crippen LogP contribution in [-0.2, 0) is 65.2 Å². The number of aromatic amines is 5. The predicted molar refractivity (Wildman–Crippen MR) is 396 cm³/mol. The maximum Gasteiger partial charge on any atom is 0.417 e. The molecule has 8 N–H and O–H groups in total. The molecule has 6 aromatic carbocycles. The molecule has 4 saturated carbocycles. The van der Waals surface area contributed by atoms with E-state index in [1.165, 1.54) is 0 Å². The number of ketones is 3. The number of carbonyl (C=O) groups is 4. The molecule has 3 spiro atoms. The Morgan fingerprint density at radius 2 is 0.815 bits per heavy atom. The molecule has 9 heterocycles. The van der Waals surface area contributed by atoms with Crippen LogP contribution in [-0.4, -0.2) is 115 Å². The zero-order valence-corrected chi connectivity index (χ0v) is 60.5. The molecule has 4 aliphatic heterocycles. The van der Waals surface area contributed by atoms with Crippen molar-refractivity contribution in [2.75, 3.05) is 45.0 Å². The molecule has 28 nitrogen and oxygen atoms in total. The number of aliphatic hydroxyl groups is 2. The van der Waals surface area contributed by atoms with E-state index in [0.29, 0.717) is 198 Å². The van der Waals surface area contributed by atoms with Gasteiger partial charge in [-0.1, -0.05) is 58.4 Å². The van der Waals surface area contributed by atoms with Crippen LogP contribution in [0.25, 0.3) is 61.1 Å². The average molecular weight is 1550 g/mol. The number of amides is 1. The number of halogens is 1. The molecule has 0 atom stereocenters. The number of fused-ring (bicyclic) bond motifs is 6. The minimum Gasteiger partial charge on any atom is -0.408 e. The van der Waals surface area contributed by atoms with E-state index in [4.69, 9.17) is 50.5 Å². The number of para-hydroxylation sites is 2. The van der Waals surface area contributed by atoms with Crippen LogP contribution in [0, 0.1) is 0 Å². The number of oxazole rings is 5. The van der Waals surface area contributed by atoms with Crippen molar-refractivity contribution in [3.8, 4) is 0 Å². The van der Waals surface area contributed by atoms with E-state index in [2.05, 4.69) is 46.2 Å². The number of carbonyl (C=O) groups excluding carboxylic acids is 4. The minimum absolute atomic E-state index is 0.0816. The normalized spacial score (nSPS) is 21.0. The van der Waals surface area contributed by atoms with Crippen LogP contribution >= 0.6 is 15.9 Å². The molecule has 0 unspecified atom stereocenters. The number of Topliss-reactive ketones (excluding diaryl/α,β-unsaturated/α-hetero) is 3. The first kappa shape index (κ1) is 74.9. The summed E-state index contributed by atoms with van der Waals surface area (Å²) in [6, 6.07) is 35.1. The molecule has 20 rings (SSSR count). The zero-order chi connectivity index (χ0) is 75.2. The molecule has 0 bridgehead atoms. The first-order valence-electron chi connectivity index (χ1n) is 36.3.